The quantitative estimate of drug-likeness (QED) is 0.922. The minimum Gasteiger partial charge on any atom is -0.479 e. The third-order valence-electron chi connectivity index (χ3n) is 3.62. The van der Waals surface area contributed by atoms with Crippen molar-refractivity contribution in [3.8, 4) is 5.75 Å². The zero-order chi connectivity index (χ0) is 15.4. The van der Waals surface area contributed by atoms with Crippen molar-refractivity contribution in [1.29, 1.82) is 0 Å². The van der Waals surface area contributed by atoms with Gasteiger partial charge >= 0.3 is 0 Å². The molecule has 21 heavy (non-hydrogen) atoms. The smallest absolute Gasteiger partial charge is 0.263 e. The first-order valence-corrected chi connectivity index (χ1v) is 7.36. The first-order chi connectivity index (χ1) is 9.99. The Labute approximate surface area is 129 Å². The lowest BCUT2D eigenvalue weighted by molar-refractivity contribution is -0.141. The summed E-state index contributed by atoms with van der Waals surface area (Å²) in [5.41, 5.74) is 5.32. The summed E-state index contributed by atoms with van der Waals surface area (Å²) in [4.78, 5) is 25.3. The molecular formula is C15H19ClN2O3. The summed E-state index contributed by atoms with van der Waals surface area (Å²) in [6, 6.07) is 7.01. The van der Waals surface area contributed by atoms with Crippen LogP contribution in [0.3, 0.4) is 0 Å². The molecule has 1 aromatic carbocycles. The van der Waals surface area contributed by atoms with Crippen LogP contribution in [-0.4, -0.2) is 35.9 Å². The molecule has 2 rings (SSSR count). The van der Waals surface area contributed by atoms with Crippen LogP contribution in [0, 0.1) is 5.92 Å². The van der Waals surface area contributed by atoms with E-state index in [4.69, 9.17) is 22.1 Å². The molecular weight excluding hydrogens is 292 g/mol. The van der Waals surface area contributed by atoms with Gasteiger partial charge in [-0.1, -0.05) is 23.7 Å². The Morgan fingerprint density at radius 2 is 2.14 bits per heavy atom. The van der Waals surface area contributed by atoms with Gasteiger partial charge in [0.1, 0.15) is 5.75 Å². The molecule has 2 unspecified atom stereocenters. The molecule has 0 aromatic heterocycles. The number of hydrogen-bond acceptors (Lipinski definition) is 3. The summed E-state index contributed by atoms with van der Waals surface area (Å²) in [7, 11) is 0. The van der Waals surface area contributed by atoms with E-state index in [9.17, 15) is 9.59 Å². The fraction of sp³-hybridized carbons (Fsp3) is 0.467. The van der Waals surface area contributed by atoms with E-state index in [1.54, 1.807) is 36.1 Å². The van der Waals surface area contributed by atoms with Gasteiger partial charge in [-0.05, 0) is 31.9 Å². The Morgan fingerprint density at radius 1 is 1.43 bits per heavy atom. The van der Waals surface area contributed by atoms with E-state index < -0.39 is 6.10 Å². The van der Waals surface area contributed by atoms with E-state index >= 15 is 0 Å². The van der Waals surface area contributed by atoms with Gasteiger partial charge in [0.05, 0.1) is 10.9 Å². The zero-order valence-corrected chi connectivity index (χ0v) is 12.7. The summed E-state index contributed by atoms with van der Waals surface area (Å²) >= 11 is 6.01. The molecule has 2 N–H and O–H groups in total. The number of benzene rings is 1. The molecule has 2 atom stereocenters. The van der Waals surface area contributed by atoms with E-state index in [0.717, 1.165) is 12.8 Å². The monoisotopic (exact) mass is 310 g/mol. The normalized spacial score (nSPS) is 19.9. The van der Waals surface area contributed by atoms with E-state index in [1.165, 1.54) is 0 Å². The number of halogens is 1. The van der Waals surface area contributed by atoms with Gasteiger partial charge in [0, 0.05) is 13.1 Å². The molecule has 0 saturated carbocycles. The molecule has 114 valence electrons. The molecule has 1 aliphatic heterocycles. The number of hydrogen-bond donors (Lipinski definition) is 1. The number of ether oxygens (including phenoxy) is 1. The number of nitrogens with two attached hydrogens (primary N) is 1. The van der Waals surface area contributed by atoms with Crippen molar-refractivity contribution in [3.63, 3.8) is 0 Å². The minimum absolute atomic E-state index is 0.152. The molecule has 0 spiro atoms. The molecule has 1 fully saturated rings. The van der Waals surface area contributed by atoms with Crippen molar-refractivity contribution in [2.45, 2.75) is 25.9 Å². The van der Waals surface area contributed by atoms with Gasteiger partial charge in [0.15, 0.2) is 6.10 Å². The number of rotatable bonds is 4. The number of piperidine rings is 1. The van der Waals surface area contributed by atoms with Crippen LogP contribution in [0.2, 0.25) is 5.02 Å². The van der Waals surface area contributed by atoms with Crippen LogP contribution in [0.1, 0.15) is 19.8 Å². The Kier molecular flexibility index (Phi) is 5.07. The fourth-order valence-corrected chi connectivity index (χ4v) is 2.63. The lowest BCUT2D eigenvalue weighted by Crippen LogP contribution is -2.48. The summed E-state index contributed by atoms with van der Waals surface area (Å²) < 4.78 is 5.62. The number of primary amides is 1. The molecule has 1 heterocycles. The van der Waals surface area contributed by atoms with Crippen LogP contribution in [-0.2, 0) is 9.59 Å². The average Bonchev–Trinajstić information content (AvgIpc) is 2.49. The van der Waals surface area contributed by atoms with Crippen LogP contribution in [0.15, 0.2) is 24.3 Å². The van der Waals surface area contributed by atoms with Crippen molar-refractivity contribution in [1.82, 2.24) is 4.90 Å². The minimum atomic E-state index is -0.656. The first kappa shape index (κ1) is 15.6. The second kappa shape index (κ2) is 6.80. The van der Waals surface area contributed by atoms with E-state index in [2.05, 4.69) is 0 Å². The number of carbonyl (C=O) groups excluding carboxylic acids is 2. The van der Waals surface area contributed by atoms with Gasteiger partial charge in [-0.25, -0.2) is 0 Å². The number of nitrogens with zero attached hydrogens (tertiary/aromatic N) is 1. The summed E-state index contributed by atoms with van der Waals surface area (Å²) in [5.74, 6) is -0.299. The molecule has 0 radical (unpaired) electrons. The van der Waals surface area contributed by atoms with Crippen LogP contribution in [0.4, 0.5) is 0 Å². The van der Waals surface area contributed by atoms with E-state index in [-0.39, 0.29) is 17.7 Å². The predicted octanol–water partition coefficient (Wildman–Crippen LogP) is 1.83. The molecule has 2 amide bonds. The molecule has 0 bridgehead atoms. The number of carbonyl (C=O) groups is 2. The van der Waals surface area contributed by atoms with E-state index in [1.807, 2.05) is 0 Å². The third-order valence-corrected chi connectivity index (χ3v) is 3.94. The number of para-hydroxylation sites is 1. The average molecular weight is 311 g/mol. The van der Waals surface area contributed by atoms with Crippen molar-refractivity contribution in [2.24, 2.45) is 11.7 Å². The van der Waals surface area contributed by atoms with Crippen molar-refractivity contribution < 1.29 is 14.3 Å². The van der Waals surface area contributed by atoms with Gasteiger partial charge in [-0.3, -0.25) is 9.59 Å². The molecule has 5 nitrogen and oxygen atoms in total. The van der Waals surface area contributed by atoms with Crippen molar-refractivity contribution in [3.05, 3.63) is 29.3 Å². The Balaban J connectivity index is 1.99. The second-order valence-electron chi connectivity index (χ2n) is 5.22. The van der Waals surface area contributed by atoms with Gasteiger partial charge in [0.25, 0.3) is 5.91 Å². The Bertz CT molecular complexity index is 535. The van der Waals surface area contributed by atoms with Gasteiger partial charge in [-0.2, -0.15) is 0 Å². The lowest BCUT2D eigenvalue weighted by atomic mass is 9.97. The number of likely N-dealkylation sites (tertiary alicyclic amines) is 1. The molecule has 0 aliphatic carbocycles. The fourth-order valence-electron chi connectivity index (χ4n) is 2.45. The van der Waals surface area contributed by atoms with Crippen molar-refractivity contribution in [2.75, 3.05) is 13.1 Å². The highest BCUT2D eigenvalue weighted by Gasteiger charge is 2.30. The lowest BCUT2D eigenvalue weighted by Gasteiger charge is -2.33. The van der Waals surface area contributed by atoms with Gasteiger partial charge in [0.2, 0.25) is 5.91 Å². The SMILES string of the molecule is CC(Oc1ccccc1Cl)C(=O)N1CCCC(C(N)=O)C1. The Hall–Kier alpha value is -1.75. The van der Waals surface area contributed by atoms with Crippen LogP contribution < -0.4 is 10.5 Å². The topological polar surface area (TPSA) is 72.6 Å². The highest BCUT2D eigenvalue weighted by molar-refractivity contribution is 6.32. The maximum atomic E-state index is 12.4. The highest BCUT2D eigenvalue weighted by Crippen LogP contribution is 2.25. The largest absolute Gasteiger partial charge is 0.479 e. The first-order valence-electron chi connectivity index (χ1n) is 6.98. The molecule has 6 heteroatoms. The highest BCUT2D eigenvalue weighted by atomic mass is 35.5. The zero-order valence-electron chi connectivity index (χ0n) is 11.9. The maximum Gasteiger partial charge on any atom is 0.263 e. The van der Waals surface area contributed by atoms with Gasteiger partial charge < -0.3 is 15.4 Å². The second-order valence-corrected chi connectivity index (χ2v) is 5.62. The van der Waals surface area contributed by atoms with Gasteiger partial charge in [-0.15, -0.1) is 0 Å². The summed E-state index contributed by atoms with van der Waals surface area (Å²) in [5, 5.41) is 0.464. The predicted molar refractivity (Wildman–Crippen MR) is 80.0 cm³/mol. The summed E-state index contributed by atoms with van der Waals surface area (Å²) in [6.07, 6.45) is 0.855. The third kappa shape index (κ3) is 3.88. The molecule has 1 saturated heterocycles. The van der Waals surface area contributed by atoms with E-state index in [0.29, 0.717) is 23.9 Å². The molecule has 1 aromatic rings. The van der Waals surface area contributed by atoms with Crippen LogP contribution >= 0.6 is 11.6 Å². The molecule has 1 aliphatic rings. The summed E-state index contributed by atoms with van der Waals surface area (Å²) in [6.45, 7) is 2.67. The standard InChI is InChI=1S/C15H19ClN2O3/c1-10(21-13-7-3-2-6-12(13)16)15(20)18-8-4-5-11(9-18)14(17)19/h2-3,6-7,10-11H,4-5,8-9H2,1H3,(H2,17,19). The van der Waals surface area contributed by atoms with Crippen LogP contribution in [0.5, 0.6) is 5.75 Å². The Morgan fingerprint density at radius 3 is 2.81 bits per heavy atom. The van der Waals surface area contributed by atoms with Crippen LogP contribution in [0.25, 0.3) is 0 Å². The van der Waals surface area contributed by atoms with Crippen molar-refractivity contribution >= 4 is 23.4 Å². The number of amides is 2. The maximum absolute atomic E-state index is 12.4.